The summed E-state index contributed by atoms with van der Waals surface area (Å²) in [6.07, 6.45) is 5.20. The minimum Gasteiger partial charge on any atom is -0.348 e. The second kappa shape index (κ2) is 7.17. The third-order valence-corrected chi connectivity index (χ3v) is 5.21. The lowest BCUT2D eigenvalue weighted by atomic mass is 10.0. The van der Waals surface area contributed by atoms with E-state index >= 15 is 0 Å². The number of nitrogens with one attached hydrogen (secondary N) is 1. The van der Waals surface area contributed by atoms with Gasteiger partial charge in [-0.1, -0.05) is 0 Å². The summed E-state index contributed by atoms with van der Waals surface area (Å²) in [4.78, 5) is 28.2. The first kappa shape index (κ1) is 16.7. The molecule has 0 bridgehead atoms. The predicted octanol–water partition coefficient (Wildman–Crippen LogP) is 1.98. The minimum atomic E-state index is -0.00936. The molecule has 0 atom stereocenters. The van der Waals surface area contributed by atoms with E-state index in [1.165, 1.54) is 11.3 Å². The van der Waals surface area contributed by atoms with Crippen molar-refractivity contribution < 1.29 is 9.59 Å². The number of carbonyl (C=O) groups is 2. The Bertz CT molecular complexity index is 729. The van der Waals surface area contributed by atoms with Gasteiger partial charge >= 0.3 is 0 Å². The van der Waals surface area contributed by atoms with E-state index in [0.29, 0.717) is 13.1 Å². The van der Waals surface area contributed by atoms with Gasteiger partial charge in [0.25, 0.3) is 5.91 Å². The minimum absolute atomic E-state index is 0.00936. The van der Waals surface area contributed by atoms with E-state index in [1.54, 1.807) is 10.9 Å². The Morgan fingerprint density at radius 1 is 1.29 bits per heavy atom. The van der Waals surface area contributed by atoms with Gasteiger partial charge in [-0.2, -0.15) is 5.10 Å². The highest BCUT2D eigenvalue weighted by atomic mass is 32.1. The Morgan fingerprint density at radius 2 is 2.04 bits per heavy atom. The third kappa shape index (κ3) is 4.03. The molecule has 0 saturated carbocycles. The van der Waals surface area contributed by atoms with Gasteiger partial charge in [-0.3, -0.25) is 14.3 Å². The van der Waals surface area contributed by atoms with Crippen LogP contribution in [0.2, 0.25) is 0 Å². The fourth-order valence-corrected chi connectivity index (χ4v) is 3.65. The van der Waals surface area contributed by atoms with Crippen LogP contribution >= 0.6 is 11.3 Å². The Labute approximate surface area is 145 Å². The number of rotatable bonds is 4. The van der Waals surface area contributed by atoms with Gasteiger partial charge < -0.3 is 10.2 Å². The van der Waals surface area contributed by atoms with E-state index in [-0.39, 0.29) is 24.4 Å². The molecule has 0 radical (unpaired) electrons. The normalized spacial score (nSPS) is 15.5. The zero-order valence-corrected chi connectivity index (χ0v) is 14.8. The molecule has 0 spiro atoms. The fraction of sp³-hybridized carbons (Fsp3) is 0.471. The number of hydrogen-bond acceptors (Lipinski definition) is 4. The van der Waals surface area contributed by atoms with E-state index in [0.717, 1.165) is 28.2 Å². The van der Waals surface area contributed by atoms with Crippen LogP contribution in [0.5, 0.6) is 0 Å². The van der Waals surface area contributed by atoms with Crippen molar-refractivity contribution in [2.45, 2.75) is 39.3 Å². The molecule has 2 aromatic rings. The Balaban J connectivity index is 1.46. The van der Waals surface area contributed by atoms with Crippen molar-refractivity contribution in [2.75, 3.05) is 13.1 Å². The van der Waals surface area contributed by atoms with Gasteiger partial charge in [0.1, 0.15) is 6.54 Å². The van der Waals surface area contributed by atoms with Gasteiger partial charge in [-0.15, -0.1) is 11.3 Å². The number of amides is 2. The first-order valence-corrected chi connectivity index (χ1v) is 8.97. The lowest BCUT2D eigenvalue weighted by Crippen LogP contribution is -2.47. The predicted molar refractivity (Wildman–Crippen MR) is 93.1 cm³/mol. The van der Waals surface area contributed by atoms with Crippen LogP contribution in [-0.2, 0) is 11.3 Å². The van der Waals surface area contributed by atoms with Gasteiger partial charge in [-0.05, 0) is 44.4 Å². The average Bonchev–Trinajstić information content (AvgIpc) is 3.16. The quantitative estimate of drug-likeness (QED) is 0.920. The highest BCUT2D eigenvalue weighted by Crippen LogP contribution is 2.17. The fourth-order valence-electron chi connectivity index (χ4n) is 2.88. The summed E-state index contributed by atoms with van der Waals surface area (Å²) in [5.74, 6) is 0.0710. The van der Waals surface area contributed by atoms with Gasteiger partial charge in [0.2, 0.25) is 5.91 Å². The van der Waals surface area contributed by atoms with Crippen LogP contribution in [0.25, 0.3) is 0 Å². The third-order valence-electron chi connectivity index (χ3n) is 4.21. The molecule has 1 aliphatic rings. The molecule has 3 rings (SSSR count). The van der Waals surface area contributed by atoms with Crippen molar-refractivity contribution in [1.82, 2.24) is 20.0 Å². The number of thiophene rings is 1. The van der Waals surface area contributed by atoms with Crippen molar-refractivity contribution >= 4 is 23.2 Å². The van der Waals surface area contributed by atoms with Gasteiger partial charge in [0.15, 0.2) is 0 Å². The molecule has 0 aliphatic carbocycles. The van der Waals surface area contributed by atoms with Crippen LogP contribution in [0, 0.1) is 13.8 Å². The molecular formula is C17H22N4O2S. The lowest BCUT2D eigenvalue weighted by molar-refractivity contribution is -0.133. The molecule has 3 heterocycles. The SMILES string of the molecule is Cc1cnn(CC(=O)N2CCC(NC(=O)c3ccc(C)s3)CC2)c1. The summed E-state index contributed by atoms with van der Waals surface area (Å²) in [6, 6.07) is 3.95. The Morgan fingerprint density at radius 3 is 2.62 bits per heavy atom. The molecule has 0 aromatic carbocycles. The van der Waals surface area contributed by atoms with Crippen LogP contribution in [0.1, 0.15) is 33.0 Å². The Kier molecular flexibility index (Phi) is 4.99. The molecule has 24 heavy (non-hydrogen) atoms. The first-order chi connectivity index (χ1) is 11.5. The smallest absolute Gasteiger partial charge is 0.261 e. The number of carbonyl (C=O) groups excluding carboxylic acids is 2. The van der Waals surface area contributed by atoms with E-state index in [1.807, 2.05) is 37.1 Å². The molecule has 6 nitrogen and oxygen atoms in total. The van der Waals surface area contributed by atoms with Crippen LogP contribution in [0.4, 0.5) is 0 Å². The molecule has 7 heteroatoms. The van der Waals surface area contributed by atoms with Gasteiger partial charge in [0.05, 0.1) is 11.1 Å². The number of aryl methyl sites for hydroxylation is 2. The van der Waals surface area contributed by atoms with Crippen LogP contribution in [0.15, 0.2) is 24.5 Å². The average molecular weight is 346 g/mol. The molecule has 0 unspecified atom stereocenters. The van der Waals surface area contributed by atoms with Crippen LogP contribution in [0.3, 0.4) is 0 Å². The summed E-state index contributed by atoms with van der Waals surface area (Å²) >= 11 is 1.51. The second-order valence-corrected chi connectivity index (χ2v) is 7.54. The highest BCUT2D eigenvalue weighted by Gasteiger charge is 2.24. The maximum absolute atomic E-state index is 12.3. The van der Waals surface area contributed by atoms with Crippen LogP contribution in [-0.4, -0.2) is 45.6 Å². The summed E-state index contributed by atoms with van der Waals surface area (Å²) < 4.78 is 1.67. The van der Waals surface area contributed by atoms with Crippen molar-refractivity contribution in [3.8, 4) is 0 Å². The lowest BCUT2D eigenvalue weighted by Gasteiger charge is -2.32. The molecular weight excluding hydrogens is 324 g/mol. The summed E-state index contributed by atoms with van der Waals surface area (Å²) in [7, 11) is 0. The number of hydrogen-bond donors (Lipinski definition) is 1. The zero-order valence-electron chi connectivity index (χ0n) is 14.0. The number of aromatic nitrogens is 2. The molecule has 128 valence electrons. The van der Waals surface area contributed by atoms with E-state index in [4.69, 9.17) is 0 Å². The number of nitrogens with zero attached hydrogens (tertiary/aromatic N) is 3. The highest BCUT2D eigenvalue weighted by molar-refractivity contribution is 7.13. The summed E-state index contributed by atoms with van der Waals surface area (Å²) in [5.41, 5.74) is 1.05. The van der Waals surface area contributed by atoms with E-state index in [2.05, 4.69) is 10.4 Å². The maximum Gasteiger partial charge on any atom is 0.261 e. The number of likely N-dealkylation sites (tertiary alicyclic amines) is 1. The molecule has 1 fully saturated rings. The molecule has 1 aliphatic heterocycles. The molecule has 1 N–H and O–H groups in total. The van der Waals surface area contributed by atoms with E-state index < -0.39 is 0 Å². The van der Waals surface area contributed by atoms with Crippen LogP contribution < -0.4 is 5.32 Å². The summed E-state index contributed by atoms with van der Waals surface area (Å²) in [5, 5.41) is 7.23. The summed E-state index contributed by atoms with van der Waals surface area (Å²) in [6.45, 7) is 5.57. The largest absolute Gasteiger partial charge is 0.348 e. The first-order valence-electron chi connectivity index (χ1n) is 8.15. The van der Waals surface area contributed by atoms with Gasteiger partial charge in [-0.25, -0.2) is 0 Å². The van der Waals surface area contributed by atoms with Crippen molar-refractivity contribution in [3.63, 3.8) is 0 Å². The second-order valence-electron chi connectivity index (χ2n) is 6.25. The van der Waals surface area contributed by atoms with Gasteiger partial charge in [0, 0.05) is 30.2 Å². The molecule has 1 saturated heterocycles. The maximum atomic E-state index is 12.3. The van der Waals surface area contributed by atoms with Crippen molar-refractivity contribution in [3.05, 3.63) is 39.8 Å². The van der Waals surface area contributed by atoms with E-state index in [9.17, 15) is 9.59 Å². The number of piperidine rings is 1. The molecule has 2 amide bonds. The van der Waals surface area contributed by atoms with Crippen molar-refractivity contribution in [2.24, 2.45) is 0 Å². The topological polar surface area (TPSA) is 67.2 Å². The zero-order chi connectivity index (χ0) is 17.1. The standard InChI is InChI=1S/C17H22N4O2S/c1-12-9-18-21(10-12)11-16(22)20-7-5-14(6-8-20)19-17(23)15-4-3-13(2)24-15/h3-4,9-10,14H,5-8,11H2,1-2H3,(H,19,23). The molecule has 2 aromatic heterocycles. The Hall–Kier alpha value is -2.15. The van der Waals surface area contributed by atoms with Crippen molar-refractivity contribution in [1.29, 1.82) is 0 Å². The monoisotopic (exact) mass is 346 g/mol.